The van der Waals surface area contributed by atoms with Crippen LogP contribution in [0.2, 0.25) is 0 Å². The zero-order valence-electron chi connectivity index (χ0n) is 11.0. The van der Waals surface area contributed by atoms with Crippen molar-refractivity contribution in [2.75, 3.05) is 6.54 Å². The van der Waals surface area contributed by atoms with Crippen LogP contribution in [0.15, 0.2) is 24.3 Å². The second-order valence-corrected chi connectivity index (χ2v) is 5.72. The number of aliphatic carboxylic acids is 1. The minimum absolute atomic E-state index is 0.127. The van der Waals surface area contributed by atoms with Gasteiger partial charge >= 0.3 is 5.97 Å². The number of para-hydroxylation sites is 2. The summed E-state index contributed by atoms with van der Waals surface area (Å²) in [6.45, 7) is 4.56. The molecule has 1 fully saturated rings. The van der Waals surface area contributed by atoms with Crippen LogP contribution >= 0.6 is 0 Å². The van der Waals surface area contributed by atoms with Gasteiger partial charge in [-0.3, -0.25) is 4.79 Å². The molecule has 3 rings (SSSR count). The van der Waals surface area contributed by atoms with E-state index in [0.717, 1.165) is 6.42 Å². The van der Waals surface area contributed by atoms with Gasteiger partial charge in [0.2, 0.25) is 0 Å². The van der Waals surface area contributed by atoms with E-state index >= 15 is 0 Å². The predicted octanol–water partition coefficient (Wildman–Crippen LogP) is 2.34. The number of fused-ring (bicyclic) bond motifs is 1. The van der Waals surface area contributed by atoms with E-state index in [-0.39, 0.29) is 17.3 Å². The third kappa shape index (κ3) is 2.04. The number of carboxylic acid groups (broad SMARTS) is 1. The van der Waals surface area contributed by atoms with Crippen molar-refractivity contribution in [3.8, 4) is 11.5 Å². The van der Waals surface area contributed by atoms with E-state index in [0.29, 0.717) is 18.0 Å². The molecular weight excluding hydrogens is 246 g/mol. The fraction of sp³-hybridized carbons (Fsp3) is 0.500. The lowest BCUT2D eigenvalue weighted by molar-refractivity contribution is -0.226. The van der Waals surface area contributed by atoms with Crippen LogP contribution in [0, 0.1) is 17.3 Å². The first-order chi connectivity index (χ1) is 9.00. The molecule has 1 aliphatic heterocycles. The molecule has 1 aromatic rings. The molecule has 2 unspecified atom stereocenters. The molecule has 0 saturated heterocycles. The van der Waals surface area contributed by atoms with Gasteiger partial charge in [-0.1, -0.05) is 26.0 Å². The summed E-state index contributed by atoms with van der Waals surface area (Å²) < 4.78 is 0. The number of carboxylic acids is 1. The molecule has 19 heavy (non-hydrogen) atoms. The van der Waals surface area contributed by atoms with Gasteiger partial charge < -0.3 is 14.8 Å². The molecule has 0 bridgehead atoms. The smallest absolute Gasteiger partial charge is 0.307 e. The van der Waals surface area contributed by atoms with Crippen LogP contribution in [0.25, 0.3) is 0 Å². The number of nitrogens with zero attached hydrogens (tertiary/aromatic N) is 1. The molecule has 5 nitrogen and oxygen atoms in total. The van der Waals surface area contributed by atoms with E-state index < -0.39 is 5.97 Å². The Morgan fingerprint density at radius 2 is 1.89 bits per heavy atom. The fourth-order valence-corrected chi connectivity index (χ4v) is 2.95. The van der Waals surface area contributed by atoms with E-state index in [2.05, 4.69) is 0 Å². The zero-order chi connectivity index (χ0) is 13.6. The molecule has 2 aliphatic rings. The van der Waals surface area contributed by atoms with E-state index in [1.54, 1.807) is 0 Å². The Bertz CT molecular complexity index is 489. The summed E-state index contributed by atoms with van der Waals surface area (Å²) in [6, 6.07) is 7.46. The van der Waals surface area contributed by atoms with Crippen molar-refractivity contribution >= 4 is 5.97 Å². The SMILES string of the molecule is CC1(C)C(CCN2Oc3ccccc3O2)C1C(=O)O. The number of hydroxylamine groups is 2. The standard InChI is InChI=1S/C14H17NO4/c1-14(2)9(12(14)13(16)17)7-8-15-18-10-5-3-4-6-11(10)19-15/h3-6,9,12H,7-8H2,1-2H3,(H,16,17). The number of hydrogen-bond acceptors (Lipinski definition) is 4. The maximum absolute atomic E-state index is 11.1. The molecule has 1 saturated carbocycles. The second kappa shape index (κ2) is 4.13. The van der Waals surface area contributed by atoms with E-state index in [4.69, 9.17) is 14.8 Å². The summed E-state index contributed by atoms with van der Waals surface area (Å²) in [4.78, 5) is 22.1. The van der Waals surface area contributed by atoms with E-state index in [1.165, 1.54) is 5.23 Å². The maximum atomic E-state index is 11.1. The zero-order valence-corrected chi connectivity index (χ0v) is 11.0. The molecule has 1 heterocycles. The van der Waals surface area contributed by atoms with Crippen LogP contribution in [-0.4, -0.2) is 22.8 Å². The summed E-state index contributed by atoms with van der Waals surface area (Å²) in [7, 11) is 0. The van der Waals surface area contributed by atoms with Crippen molar-refractivity contribution in [2.24, 2.45) is 17.3 Å². The molecular formula is C14H17NO4. The molecule has 0 amide bonds. The summed E-state index contributed by atoms with van der Waals surface area (Å²) in [5.74, 6) is 0.625. The van der Waals surface area contributed by atoms with Crippen molar-refractivity contribution < 1.29 is 19.6 Å². The highest BCUT2D eigenvalue weighted by molar-refractivity contribution is 5.75. The molecule has 5 heteroatoms. The minimum Gasteiger partial charge on any atom is -0.481 e. The summed E-state index contributed by atoms with van der Waals surface area (Å²) in [6.07, 6.45) is 0.748. The van der Waals surface area contributed by atoms with E-state index in [9.17, 15) is 4.79 Å². The van der Waals surface area contributed by atoms with Gasteiger partial charge in [-0.15, -0.1) is 0 Å². The molecule has 0 aromatic heterocycles. The van der Waals surface area contributed by atoms with E-state index in [1.807, 2.05) is 38.1 Å². The lowest BCUT2D eigenvalue weighted by Gasteiger charge is -2.12. The van der Waals surface area contributed by atoms with Crippen LogP contribution in [0.3, 0.4) is 0 Å². The van der Waals surface area contributed by atoms with Gasteiger partial charge in [0.25, 0.3) is 0 Å². The van der Waals surface area contributed by atoms with Crippen molar-refractivity contribution in [3.63, 3.8) is 0 Å². The Morgan fingerprint density at radius 3 is 2.37 bits per heavy atom. The first kappa shape index (κ1) is 12.3. The van der Waals surface area contributed by atoms with Crippen LogP contribution in [-0.2, 0) is 4.79 Å². The first-order valence-electron chi connectivity index (χ1n) is 6.45. The fourth-order valence-electron chi connectivity index (χ4n) is 2.95. The van der Waals surface area contributed by atoms with Crippen molar-refractivity contribution in [2.45, 2.75) is 20.3 Å². The summed E-state index contributed by atoms with van der Waals surface area (Å²) in [5.41, 5.74) is -0.127. The maximum Gasteiger partial charge on any atom is 0.307 e. The molecule has 1 N–H and O–H groups in total. The van der Waals surface area contributed by atoms with Crippen molar-refractivity contribution in [1.29, 1.82) is 0 Å². The Balaban J connectivity index is 1.55. The second-order valence-electron chi connectivity index (χ2n) is 5.72. The first-order valence-corrected chi connectivity index (χ1v) is 6.45. The molecule has 2 atom stereocenters. The van der Waals surface area contributed by atoms with Gasteiger partial charge in [-0.25, -0.2) is 0 Å². The Hall–Kier alpha value is -1.75. The highest BCUT2D eigenvalue weighted by Crippen LogP contribution is 2.60. The topological polar surface area (TPSA) is 59.0 Å². The lowest BCUT2D eigenvalue weighted by Crippen LogP contribution is -2.27. The Morgan fingerprint density at radius 1 is 1.32 bits per heavy atom. The molecule has 0 radical (unpaired) electrons. The largest absolute Gasteiger partial charge is 0.481 e. The average Bonchev–Trinajstić information content (AvgIpc) is 2.71. The number of hydrogen-bond donors (Lipinski definition) is 1. The van der Waals surface area contributed by atoms with Gasteiger partial charge in [-0.05, 0) is 29.9 Å². The van der Waals surface area contributed by atoms with Gasteiger partial charge in [0.15, 0.2) is 11.5 Å². The van der Waals surface area contributed by atoms with Gasteiger partial charge in [-0.2, -0.15) is 0 Å². The van der Waals surface area contributed by atoms with Gasteiger partial charge in [0, 0.05) is 5.23 Å². The number of carbonyl (C=O) groups is 1. The van der Waals surface area contributed by atoms with Crippen molar-refractivity contribution in [3.05, 3.63) is 24.3 Å². The van der Waals surface area contributed by atoms with Crippen LogP contribution in [0.4, 0.5) is 0 Å². The van der Waals surface area contributed by atoms with Gasteiger partial charge in [0.1, 0.15) is 0 Å². The predicted molar refractivity (Wildman–Crippen MR) is 67.4 cm³/mol. The highest BCUT2D eigenvalue weighted by atomic mass is 17.0. The normalized spacial score (nSPS) is 27.3. The van der Waals surface area contributed by atoms with Crippen LogP contribution in [0.1, 0.15) is 20.3 Å². The summed E-state index contributed by atoms with van der Waals surface area (Å²) >= 11 is 0. The molecule has 1 aromatic carbocycles. The monoisotopic (exact) mass is 263 g/mol. The molecule has 102 valence electrons. The Kier molecular flexibility index (Phi) is 2.67. The summed E-state index contributed by atoms with van der Waals surface area (Å²) in [5, 5.41) is 10.5. The van der Waals surface area contributed by atoms with Crippen molar-refractivity contribution in [1.82, 2.24) is 5.23 Å². The lowest BCUT2D eigenvalue weighted by atomic mass is 10.1. The highest BCUT2D eigenvalue weighted by Gasteiger charge is 2.61. The third-order valence-corrected chi connectivity index (χ3v) is 4.19. The third-order valence-electron chi connectivity index (χ3n) is 4.19. The number of rotatable bonds is 4. The molecule has 0 spiro atoms. The van der Waals surface area contributed by atoms with Crippen LogP contribution in [0.5, 0.6) is 11.5 Å². The average molecular weight is 263 g/mol. The Labute approximate surface area is 111 Å². The number of benzene rings is 1. The molecule has 1 aliphatic carbocycles. The minimum atomic E-state index is -0.707. The quantitative estimate of drug-likeness (QED) is 0.903. The van der Waals surface area contributed by atoms with Gasteiger partial charge in [0.05, 0.1) is 12.5 Å². The van der Waals surface area contributed by atoms with Crippen LogP contribution < -0.4 is 9.68 Å².